The second kappa shape index (κ2) is 11.9. The quantitative estimate of drug-likeness (QED) is 0.657. The Morgan fingerprint density at radius 1 is 1.00 bits per heavy atom. The molecule has 0 atom stereocenters. The minimum absolute atomic E-state index is 0.0195. The van der Waals surface area contributed by atoms with Crippen molar-refractivity contribution in [2.24, 2.45) is 0 Å². The number of hydrogen-bond acceptors (Lipinski definition) is 4. The molecule has 0 radical (unpaired) electrons. The van der Waals surface area contributed by atoms with Crippen molar-refractivity contribution in [1.29, 1.82) is 0 Å². The van der Waals surface area contributed by atoms with E-state index in [9.17, 15) is 14.4 Å². The first-order valence-corrected chi connectivity index (χ1v) is 12.4. The zero-order valence-corrected chi connectivity index (χ0v) is 20.3. The molecule has 0 aromatic heterocycles. The van der Waals surface area contributed by atoms with Gasteiger partial charge < -0.3 is 25.3 Å². The molecule has 1 heterocycles. The molecule has 0 spiro atoms. The van der Waals surface area contributed by atoms with Crippen molar-refractivity contribution < 1.29 is 14.4 Å². The summed E-state index contributed by atoms with van der Waals surface area (Å²) in [4.78, 5) is 42.8. The zero-order chi connectivity index (χ0) is 23.8. The Kier molecular flexibility index (Phi) is 8.97. The lowest BCUT2D eigenvalue weighted by Gasteiger charge is -2.37. The lowest BCUT2D eigenvalue weighted by molar-refractivity contribution is -0.136. The van der Waals surface area contributed by atoms with Gasteiger partial charge in [-0.1, -0.05) is 26.2 Å². The molecule has 1 saturated heterocycles. The Morgan fingerprint density at radius 2 is 1.64 bits per heavy atom. The van der Waals surface area contributed by atoms with Gasteiger partial charge in [0.1, 0.15) is 6.54 Å². The van der Waals surface area contributed by atoms with Crippen LogP contribution in [-0.4, -0.2) is 72.5 Å². The van der Waals surface area contributed by atoms with Gasteiger partial charge in [-0.15, -0.1) is 0 Å². The van der Waals surface area contributed by atoms with Gasteiger partial charge in [-0.25, -0.2) is 4.79 Å². The molecule has 0 bridgehead atoms. The molecular weight excluding hydrogens is 418 g/mol. The van der Waals surface area contributed by atoms with E-state index in [1.165, 1.54) is 19.3 Å². The molecule has 8 nitrogen and oxygen atoms in total. The topological polar surface area (TPSA) is 85.0 Å². The average Bonchev–Trinajstić information content (AvgIpc) is 2.83. The standard InChI is InChI=1S/C25H39N5O3/c1-4-24(32)30(19(2)3)18-23(31)26-21-10-12-22(13-11-21)28-14-16-29(17-15-28)25(33)27-20-8-6-5-7-9-20/h10-13,19-20H,4-9,14-18H2,1-3H3,(H,26,31)(H,27,33). The molecule has 182 valence electrons. The highest BCUT2D eigenvalue weighted by Crippen LogP contribution is 2.21. The number of rotatable bonds is 7. The third-order valence-corrected chi connectivity index (χ3v) is 6.58. The molecule has 1 aliphatic heterocycles. The van der Waals surface area contributed by atoms with Crippen LogP contribution in [0.1, 0.15) is 59.3 Å². The Labute approximate surface area is 197 Å². The number of carbonyl (C=O) groups excluding carboxylic acids is 3. The average molecular weight is 458 g/mol. The molecular formula is C25H39N5O3. The van der Waals surface area contributed by atoms with E-state index in [0.717, 1.165) is 31.6 Å². The van der Waals surface area contributed by atoms with Crippen LogP contribution in [0.4, 0.5) is 16.2 Å². The SMILES string of the molecule is CCC(=O)N(CC(=O)Nc1ccc(N2CCN(C(=O)NC3CCCCC3)CC2)cc1)C(C)C. The first-order valence-electron chi connectivity index (χ1n) is 12.4. The predicted octanol–water partition coefficient (Wildman–Crippen LogP) is 3.44. The summed E-state index contributed by atoms with van der Waals surface area (Å²) in [6.45, 7) is 8.65. The van der Waals surface area contributed by atoms with Crippen LogP contribution in [0.15, 0.2) is 24.3 Å². The Hall–Kier alpha value is -2.77. The summed E-state index contributed by atoms with van der Waals surface area (Å²) in [6, 6.07) is 8.13. The van der Waals surface area contributed by atoms with E-state index in [2.05, 4.69) is 15.5 Å². The Bertz CT molecular complexity index is 797. The Balaban J connectivity index is 1.46. The number of urea groups is 1. The number of nitrogens with one attached hydrogen (secondary N) is 2. The maximum atomic E-state index is 12.6. The second-order valence-electron chi connectivity index (χ2n) is 9.32. The molecule has 2 N–H and O–H groups in total. The van der Waals surface area contributed by atoms with Gasteiger partial charge in [0.2, 0.25) is 11.8 Å². The van der Waals surface area contributed by atoms with Crippen LogP contribution in [0.3, 0.4) is 0 Å². The number of benzene rings is 1. The van der Waals surface area contributed by atoms with Crippen LogP contribution in [0.2, 0.25) is 0 Å². The number of carbonyl (C=O) groups is 3. The van der Waals surface area contributed by atoms with Crippen LogP contribution in [0.25, 0.3) is 0 Å². The van der Waals surface area contributed by atoms with Crippen molar-refractivity contribution >= 4 is 29.2 Å². The van der Waals surface area contributed by atoms with Crippen LogP contribution >= 0.6 is 0 Å². The van der Waals surface area contributed by atoms with Crippen molar-refractivity contribution in [2.75, 3.05) is 42.9 Å². The van der Waals surface area contributed by atoms with Crippen molar-refractivity contribution in [3.63, 3.8) is 0 Å². The molecule has 2 aliphatic rings. The monoisotopic (exact) mass is 457 g/mol. The molecule has 1 aromatic carbocycles. The summed E-state index contributed by atoms with van der Waals surface area (Å²) in [5.41, 5.74) is 1.78. The summed E-state index contributed by atoms with van der Waals surface area (Å²) < 4.78 is 0. The summed E-state index contributed by atoms with van der Waals surface area (Å²) >= 11 is 0. The molecule has 2 fully saturated rings. The van der Waals surface area contributed by atoms with Crippen molar-refractivity contribution in [2.45, 2.75) is 71.4 Å². The van der Waals surface area contributed by atoms with E-state index in [4.69, 9.17) is 0 Å². The fraction of sp³-hybridized carbons (Fsp3) is 0.640. The van der Waals surface area contributed by atoms with E-state index < -0.39 is 0 Å². The molecule has 0 unspecified atom stereocenters. The third-order valence-electron chi connectivity index (χ3n) is 6.58. The highest BCUT2D eigenvalue weighted by Gasteiger charge is 2.24. The maximum absolute atomic E-state index is 12.6. The zero-order valence-electron chi connectivity index (χ0n) is 20.3. The first-order chi connectivity index (χ1) is 15.9. The first kappa shape index (κ1) is 24.9. The van der Waals surface area contributed by atoms with Crippen LogP contribution < -0.4 is 15.5 Å². The number of hydrogen-bond donors (Lipinski definition) is 2. The molecule has 4 amide bonds. The number of nitrogens with zero attached hydrogens (tertiary/aromatic N) is 3. The van der Waals surface area contributed by atoms with Crippen LogP contribution in [0, 0.1) is 0 Å². The summed E-state index contributed by atoms with van der Waals surface area (Å²) in [5.74, 6) is -0.224. The minimum atomic E-state index is -0.198. The fourth-order valence-electron chi connectivity index (χ4n) is 4.55. The highest BCUT2D eigenvalue weighted by molar-refractivity contribution is 5.94. The van der Waals surface area contributed by atoms with Gasteiger partial charge in [-0.3, -0.25) is 9.59 Å². The maximum Gasteiger partial charge on any atom is 0.317 e. The third kappa shape index (κ3) is 7.11. The molecule has 3 rings (SSSR count). The summed E-state index contributed by atoms with van der Waals surface area (Å²) in [7, 11) is 0. The van der Waals surface area contributed by atoms with Gasteiger partial charge in [-0.2, -0.15) is 0 Å². The molecule has 1 saturated carbocycles. The lowest BCUT2D eigenvalue weighted by atomic mass is 9.96. The highest BCUT2D eigenvalue weighted by atomic mass is 16.2. The van der Waals surface area contributed by atoms with Gasteiger partial charge in [-0.05, 0) is 51.0 Å². The van der Waals surface area contributed by atoms with Gasteiger partial charge >= 0.3 is 6.03 Å². The number of amides is 4. The van der Waals surface area contributed by atoms with E-state index >= 15 is 0 Å². The van der Waals surface area contributed by atoms with E-state index in [1.54, 1.807) is 11.8 Å². The fourth-order valence-corrected chi connectivity index (χ4v) is 4.55. The normalized spacial score (nSPS) is 17.1. The van der Waals surface area contributed by atoms with Gasteiger partial charge in [0.15, 0.2) is 0 Å². The van der Waals surface area contributed by atoms with Crippen molar-refractivity contribution in [3.05, 3.63) is 24.3 Å². The lowest BCUT2D eigenvalue weighted by Crippen LogP contribution is -2.53. The molecule has 33 heavy (non-hydrogen) atoms. The second-order valence-corrected chi connectivity index (χ2v) is 9.32. The molecule has 1 aromatic rings. The van der Waals surface area contributed by atoms with E-state index in [0.29, 0.717) is 31.2 Å². The number of anilines is 2. The van der Waals surface area contributed by atoms with Crippen LogP contribution in [-0.2, 0) is 9.59 Å². The van der Waals surface area contributed by atoms with Gasteiger partial charge in [0.25, 0.3) is 0 Å². The molecule has 8 heteroatoms. The van der Waals surface area contributed by atoms with Gasteiger partial charge in [0, 0.05) is 56.1 Å². The summed E-state index contributed by atoms with van der Waals surface area (Å²) in [5, 5.41) is 6.09. The number of piperazine rings is 1. The van der Waals surface area contributed by atoms with Crippen molar-refractivity contribution in [1.82, 2.24) is 15.1 Å². The minimum Gasteiger partial charge on any atom is -0.368 e. The largest absolute Gasteiger partial charge is 0.368 e. The predicted molar refractivity (Wildman–Crippen MR) is 131 cm³/mol. The summed E-state index contributed by atoms with van der Waals surface area (Å²) in [6.07, 6.45) is 6.28. The van der Waals surface area contributed by atoms with Crippen molar-refractivity contribution in [3.8, 4) is 0 Å². The van der Waals surface area contributed by atoms with Crippen LogP contribution in [0.5, 0.6) is 0 Å². The van der Waals surface area contributed by atoms with E-state index in [-0.39, 0.29) is 30.4 Å². The Morgan fingerprint density at radius 3 is 2.21 bits per heavy atom. The smallest absolute Gasteiger partial charge is 0.317 e. The van der Waals surface area contributed by atoms with E-state index in [1.807, 2.05) is 43.0 Å². The molecule has 1 aliphatic carbocycles. The van der Waals surface area contributed by atoms with Gasteiger partial charge in [0.05, 0.1) is 0 Å².